The summed E-state index contributed by atoms with van der Waals surface area (Å²) < 4.78 is 1.86. The van der Waals surface area contributed by atoms with E-state index < -0.39 is 0 Å². The largest absolute Gasteiger partial charge is 0.252 e. The normalized spacial score (nSPS) is 33.9. The highest BCUT2D eigenvalue weighted by Gasteiger charge is 2.37. The van der Waals surface area contributed by atoms with Crippen molar-refractivity contribution in [1.29, 1.82) is 0 Å². The minimum absolute atomic E-state index is 0.185. The SMILES string of the molecule is Cn1nncc1C1(C)CCC(Cl)C1. The maximum Gasteiger partial charge on any atom is 0.0730 e. The predicted octanol–water partition coefficient (Wildman–Crippen LogP) is 1.86. The second-order valence-corrected chi connectivity index (χ2v) is 4.76. The highest BCUT2D eigenvalue weighted by atomic mass is 35.5. The molecule has 1 aliphatic rings. The molecule has 1 saturated carbocycles. The number of nitrogens with zero attached hydrogens (tertiary/aromatic N) is 3. The van der Waals surface area contributed by atoms with Gasteiger partial charge in [-0.3, -0.25) is 4.68 Å². The van der Waals surface area contributed by atoms with E-state index in [9.17, 15) is 0 Å². The Morgan fingerprint density at radius 3 is 2.92 bits per heavy atom. The van der Waals surface area contributed by atoms with E-state index in [0.717, 1.165) is 19.3 Å². The molecule has 4 heteroatoms. The number of hydrogen-bond acceptors (Lipinski definition) is 2. The second kappa shape index (κ2) is 2.98. The van der Waals surface area contributed by atoms with Crippen LogP contribution in [0.2, 0.25) is 0 Å². The number of alkyl halides is 1. The fourth-order valence-electron chi connectivity index (χ4n) is 2.24. The quantitative estimate of drug-likeness (QED) is 0.647. The van der Waals surface area contributed by atoms with Gasteiger partial charge in [-0.1, -0.05) is 12.1 Å². The third kappa shape index (κ3) is 1.46. The topological polar surface area (TPSA) is 30.7 Å². The van der Waals surface area contributed by atoms with Gasteiger partial charge in [0.25, 0.3) is 0 Å². The molecule has 0 N–H and O–H groups in total. The third-order valence-corrected chi connectivity index (χ3v) is 3.39. The van der Waals surface area contributed by atoms with Crippen LogP contribution in [0.3, 0.4) is 0 Å². The first-order valence-electron chi connectivity index (χ1n) is 4.61. The van der Waals surface area contributed by atoms with Gasteiger partial charge in [-0.25, -0.2) is 0 Å². The van der Waals surface area contributed by atoms with Gasteiger partial charge in [0.15, 0.2) is 0 Å². The highest BCUT2D eigenvalue weighted by Crippen LogP contribution is 2.42. The van der Waals surface area contributed by atoms with Gasteiger partial charge < -0.3 is 0 Å². The molecule has 2 rings (SSSR count). The van der Waals surface area contributed by atoms with Crippen LogP contribution in [-0.2, 0) is 12.5 Å². The predicted molar refractivity (Wildman–Crippen MR) is 51.8 cm³/mol. The minimum atomic E-state index is 0.185. The molecule has 72 valence electrons. The van der Waals surface area contributed by atoms with Crippen molar-refractivity contribution in [3.63, 3.8) is 0 Å². The average Bonchev–Trinajstić information content (AvgIpc) is 2.59. The molecule has 0 aromatic carbocycles. The van der Waals surface area contributed by atoms with Crippen molar-refractivity contribution in [1.82, 2.24) is 15.0 Å². The maximum atomic E-state index is 6.12. The number of aromatic nitrogens is 3. The molecule has 2 atom stereocenters. The van der Waals surface area contributed by atoms with Crippen LogP contribution in [0.1, 0.15) is 31.9 Å². The fraction of sp³-hybridized carbons (Fsp3) is 0.778. The molecule has 1 aliphatic carbocycles. The molecule has 0 spiro atoms. The van der Waals surface area contributed by atoms with Gasteiger partial charge in [0.05, 0.1) is 11.9 Å². The summed E-state index contributed by atoms with van der Waals surface area (Å²) in [5, 5.41) is 8.18. The molecule has 1 heterocycles. The summed E-state index contributed by atoms with van der Waals surface area (Å²) >= 11 is 6.12. The van der Waals surface area contributed by atoms with Crippen molar-refractivity contribution in [3.8, 4) is 0 Å². The molecule has 0 amide bonds. The number of hydrogen-bond donors (Lipinski definition) is 0. The van der Waals surface area contributed by atoms with Crippen molar-refractivity contribution >= 4 is 11.6 Å². The Labute approximate surface area is 83.1 Å². The average molecular weight is 200 g/mol. The molecule has 13 heavy (non-hydrogen) atoms. The lowest BCUT2D eigenvalue weighted by Crippen LogP contribution is -2.21. The lowest BCUT2D eigenvalue weighted by atomic mass is 9.85. The summed E-state index contributed by atoms with van der Waals surface area (Å²) in [7, 11) is 1.94. The van der Waals surface area contributed by atoms with E-state index in [1.807, 2.05) is 17.9 Å². The second-order valence-electron chi connectivity index (χ2n) is 4.14. The van der Waals surface area contributed by atoms with Crippen molar-refractivity contribution in [3.05, 3.63) is 11.9 Å². The summed E-state index contributed by atoms with van der Waals surface area (Å²) in [5.74, 6) is 0. The Morgan fingerprint density at radius 2 is 2.46 bits per heavy atom. The van der Waals surface area contributed by atoms with E-state index in [4.69, 9.17) is 11.6 Å². The van der Waals surface area contributed by atoms with Crippen LogP contribution in [0.4, 0.5) is 0 Å². The summed E-state index contributed by atoms with van der Waals surface area (Å²) in [6.07, 6.45) is 5.14. The van der Waals surface area contributed by atoms with Crippen LogP contribution in [-0.4, -0.2) is 20.4 Å². The Balaban J connectivity index is 2.30. The van der Waals surface area contributed by atoms with Gasteiger partial charge in [-0.2, -0.15) is 0 Å². The smallest absolute Gasteiger partial charge is 0.0730 e. The molecule has 1 aromatic rings. The summed E-state index contributed by atoms with van der Waals surface area (Å²) in [6, 6.07) is 0. The van der Waals surface area contributed by atoms with Gasteiger partial charge in [-0.05, 0) is 19.3 Å². The molecular weight excluding hydrogens is 186 g/mol. The van der Waals surface area contributed by atoms with E-state index in [2.05, 4.69) is 17.2 Å². The van der Waals surface area contributed by atoms with Gasteiger partial charge in [0.1, 0.15) is 0 Å². The Kier molecular flexibility index (Phi) is 2.06. The third-order valence-electron chi connectivity index (χ3n) is 3.01. The van der Waals surface area contributed by atoms with Crippen LogP contribution >= 0.6 is 11.6 Å². The van der Waals surface area contributed by atoms with Crippen LogP contribution < -0.4 is 0 Å². The van der Waals surface area contributed by atoms with E-state index in [0.29, 0.717) is 5.38 Å². The lowest BCUT2D eigenvalue weighted by Gasteiger charge is -2.22. The van der Waals surface area contributed by atoms with Crippen LogP contribution in [0.15, 0.2) is 6.20 Å². The maximum absolute atomic E-state index is 6.12. The van der Waals surface area contributed by atoms with E-state index in [-0.39, 0.29) is 5.41 Å². The van der Waals surface area contributed by atoms with Crippen molar-refractivity contribution < 1.29 is 0 Å². The van der Waals surface area contributed by atoms with E-state index >= 15 is 0 Å². The van der Waals surface area contributed by atoms with Crippen LogP contribution in [0, 0.1) is 0 Å². The first-order valence-corrected chi connectivity index (χ1v) is 5.05. The molecule has 0 bridgehead atoms. The van der Waals surface area contributed by atoms with Crippen LogP contribution in [0.5, 0.6) is 0 Å². The molecule has 0 aliphatic heterocycles. The van der Waals surface area contributed by atoms with Gasteiger partial charge >= 0.3 is 0 Å². The minimum Gasteiger partial charge on any atom is -0.252 e. The molecule has 0 radical (unpaired) electrons. The van der Waals surface area contributed by atoms with E-state index in [1.165, 1.54) is 5.69 Å². The zero-order valence-corrected chi connectivity index (χ0v) is 8.75. The monoisotopic (exact) mass is 199 g/mol. The van der Waals surface area contributed by atoms with E-state index in [1.54, 1.807) is 0 Å². The van der Waals surface area contributed by atoms with Gasteiger partial charge in [-0.15, -0.1) is 16.7 Å². The molecule has 3 nitrogen and oxygen atoms in total. The Hall–Kier alpha value is -0.570. The Morgan fingerprint density at radius 1 is 1.69 bits per heavy atom. The van der Waals surface area contributed by atoms with Crippen molar-refractivity contribution in [2.24, 2.45) is 7.05 Å². The molecule has 1 fully saturated rings. The number of halogens is 1. The van der Waals surface area contributed by atoms with Gasteiger partial charge in [0.2, 0.25) is 0 Å². The number of aryl methyl sites for hydroxylation is 1. The summed E-state index contributed by atoms with van der Waals surface area (Å²) in [6.45, 7) is 2.24. The Bertz CT molecular complexity index is 310. The first-order chi connectivity index (χ1) is 6.12. The molecular formula is C9H14ClN3. The fourth-order valence-corrected chi connectivity index (χ4v) is 2.69. The lowest BCUT2D eigenvalue weighted by molar-refractivity contribution is 0.448. The molecule has 0 saturated heterocycles. The molecule has 2 unspecified atom stereocenters. The van der Waals surface area contributed by atoms with Crippen LogP contribution in [0.25, 0.3) is 0 Å². The summed E-state index contributed by atoms with van der Waals surface area (Å²) in [4.78, 5) is 0. The zero-order valence-electron chi connectivity index (χ0n) is 8.00. The zero-order chi connectivity index (χ0) is 9.47. The van der Waals surface area contributed by atoms with Crippen molar-refractivity contribution in [2.45, 2.75) is 37.0 Å². The molecule has 1 aromatic heterocycles. The van der Waals surface area contributed by atoms with Gasteiger partial charge in [0, 0.05) is 17.8 Å². The highest BCUT2D eigenvalue weighted by molar-refractivity contribution is 6.20. The summed E-state index contributed by atoms with van der Waals surface area (Å²) in [5.41, 5.74) is 1.39. The standard InChI is InChI=1S/C9H14ClN3/c1-9(4-3-7(10)5-9)8-6-11-12-13(8)2/h6-7H,3-5H2,1-2H3. The first kappa shape index (κ1) is 9.00. The number of rotatable bonds is 1. The van der Waals surface area contributed by atoms with Crippen molar-refractivity contribution in [2.75, 3.05) is 0 Å².